The fourth-order valence-electron chi connectivity index (χ4n) is 0.762. The molecule has 10 heavy (non-hydrogen) atoms. The van der Waals surface area contributed by atoms with Crippen LogP contribution in [0.25, 0.3) is 0 Å². The molecule has 0 amide bonds. The first kappa shape index (κ1) is 7.63. The molecule has 1 aromatic heterocycles. The molecule has 0 saturated carbocycles. The van der Waals surface area contributed by atoms with E-state index in [2.05, 4.69) is 5.10 Å². The van der Waals surface area contributed by atoms with Crippen LogP contribution < -0.4 is 5.73 Å². The highest BCUT2D eigenvalue weighted by molar-refractivity contribution is 7.97. The maximum Gasteiger partial charge on any atom is 0.0649 e. The molecular formula is C6H11N3S. The smallest absolute Gasteiger partial charge is 0.0649 e. The summed E-state index contributed by atoms with van der Waals surface area (Å²) in [6.07, 6.45) is 3.94. The van der Waals surface area contributed by atoms with Gasteiger partial charge in [0.05, 0.1) is 5.69 Å². The molecule has 4 heteroatoms. The van der Waals surface area contributed by atoms with Crippen LogP contribution in [0, 0.1) is 6.92 Å². The lowest BCUT2D eigenvalue weighted by atomic mass is 10.3. The Hall–Kier alpha value is -0.480. The molecule has 0 saturated heterocycles. The van der Waals surface area contributed by atoms with Crippen LogP contribution >= 0.6 is 11.9 Å². The summed E-state index contributed by atoms with van der Waals surface area (Å²) in [6, 6.07) is 0. The van der Waals surface area contributed by atoms with Gasteiger partial charge >= 0.3 is 0 Å². The van der Waals surface area contributed by atoms with Crippen molar-refractivity contribution in [3.8, 4) is 0 Å². The Morgan fingerprint density at radius 3 is 2.80 bits per heavy atom. The van der Waals surface area contributed by atoms with E-state index in [0.717, 1.165) is 11.3 Å². The molecule has 0 spiro atoms. The van der Waals surface area contributed by atoms with Crippen molar-refractivity contribution in [3.63, 3.8) is 0 Å². The molecule has 0 unspecified atom stereocenters. The average molecular weight is 157 g/mol. The van der Waals surface area contributed by atoms with Gasteiger partial charge in [-0.3, -0.25) is 0 Å². The summed E-state index contributed by atoms with van der Waals surface area (Å²) in [6.45, 7) is 2.54. The second-order valence-electron chi connectivity index (χ2n) is 2.03. The Labute approximate surface area is 64.7 Å². The van der Waals surface area contributed by atoms with Crippen molar-refractivity contribution in [3.05, 3.63) is 17.5 Å². The lowest BCUT2D eigenvalue weighted by molar-refractivity contribution is 0.978. The fraction of sp³-hybridized carbons (Fsp3) is 0.500. The molecule has 3 nitrogen and oxygen atoms in total. The van der Waals surface area contributed by atoms with Gasteiger partial charge in [-0.25, -0.2) is 4.09 Å². The van der Waals surface area contributed by atoms with E-state index in [4.69, 9.17) is 5.73 Å². The maximum absolute atomic E-state index is 5.46. The molecule has 0 bridgehead atoms. The molecule has 2 N–H and O–H groups in total. The van der Waals surface area contributed by atoms with Gasteiger partial charge < -0.3 is 5.73 Å². The Bertz CT molecular complexity index is 219. The first-order valence-corrected chi connectivity index (χ1v) is 4.25. The third-order valence-corrected chi connectivity index (χ3v) is 1.95. The normalized spacial score (nSPS) is 10.3. The molecule has 1 heterocycles. The lowest BCUT2D eigenvalue weighted by Crippen LogP contribution is -1.95. The molecule has 1 aromatic rings. The van der Waals surface area contributed by atoms with E-state index in [1.54, 1.807) is 11.9 Å². The Morgan fingerprint density at radius 2 is 2.50 bits per heavy atom. The minimum absolute atomic E-state index is 0.576. The van der Waals surface area contributed by atoms with Crippen molar-refractivity contribution >= 4 is 11.9 Å². The van der Waals surface area contributed by atoms with Crippen LogP contribution in [0.15, 0.2) is 6.20 Å². The van der Waals surface area contributed by atoms with Gasteiger partial charge in [0.15, 0.2) is 0 Å². The number of aromatic nitrogens is 2. The van der Waals surface area contributed by atoms with E-state index < -0.39 is 0 Å². The standard InChI is InChI=1S/C6H11N3S/c1-5-6(3-7)4-9(8-5)10-2/h4H,3,7H2,1-2H3. The van der Waals surface area contributed by atoms with E-state index in [-0.39, 0.29) is 0 Å². The summed E-state index contributed by atoms with van der Waals surface area (Å²) in [4.78, 5) is 0. The van der Waals surface area contributed by atoms with Crippen LogP contribution in [-0.2, 0) is 6.54 Å². The molecule has 56 valence electrons. The number of rotatable bonds is 2. The topological polar surface area (TPSA) is 43.8 Å². The van der Waals surface area contributed by atoms with Gasteiger partial charge in [0.1, 0.15) is 0 Å². The van der Waals surface area contributed by atoms with Crippen LogP contribution in [0.2, 0.25) is 0 Å². The highest BCUT2D eigenvalue weighted by Crippen LogP contribution is 2.07. The second-order valence-corrected chi connectivity index (χ2v) is 2.77. The predicted molar refractivity (Wildman–Crippen MR) is 43.8 cm³/mol. The molecular weight excluding hydrogens is 146 g/mol. The van der Waals surface area contributed by atoms with Gasteiger partial charge in [-0.15, -0.1) is 0 Å². The van der Waals surface area contributed by atoms with Gasteiger partial charge in [-0.05, 0) is 18.9 Å². The molecule has 0 aliphatic rings. The van der Waals surface area contributed by atoms with Crippen LogP contribution in [0.3, 0.4) is 0 Å². The van der Waals surface area contributed by atoms with E-state index in [1.807, 2.05) is 23.5 Å². The zero-order valence-corrected chi connectivity index (χ0v) is 6.98. The number of nitrogens with zero attached hydrogens (tertiary/aromatic N) is 2. The summed E-state index contributed by atoms with van der Waals surface area (Å²) in [5, 5.41) is 4.20. The van der Waals surface area contributed by atoms with Crippen molar-refractivity contribution in [2.24, 2.45) is 5.73 Å². The summed E-state index contributed by atoms with van der Waals surface area (Å²) in [5.74, 6) is 0. The summed E-state index contributed by atoms with van der Waals surface area (Å²) in [7, 11) is 0. The molecule has 1 rings (SSSR count). The van der Waals surface area contributed by atoms with Crippen LogP contribution in [0.5, 0.6) is 0 Å². The van der Waals surface area contributed by atoms with E-state index in [1.165, 1.54) is 0 Å². The van der Waals surface area contributed by atoms with Crippen molar-refractivity contribution < 1.29 is 0 Å². The minimum Gasteiger partial charge on any atom is -0.326 e. The summed E-state index contributed by atoms with van der Waals surface area (Å²) in [5.41, 5.74) is 7.60. The third kappa shape index (κ3) is 1.33. The third-order valence-electron chi connectivity index (χ3n) is 1.39. The first-order chi connectivity index (χ1) is 4.77. The zero-order valence-electron chi connectivity index (χ0n) is 6.16. The van der Waals surface area contributed by atoms with Crippen molar-refractivity contribution in [1.29, 1.82) is 0 Å². The molecule has 0 aromatic carbocycles. The lowest BCUT2D eigenvalue weighted by Gasteiger charge is -1.87. The Balaban J connectivity index is 2.92. The average Bonchev–Trinajstić information content (AvgIpc) is 2.30. The number of nitrogens with two attached hydrogens (primary N) is 1. The van der Waals surface area contributed by atoms with Gasteiger partial charge in [0.25, 0.3) is 0 Å². The highest BCUT2D eigenvalue weighted by Gasteiger charge is 2.00. The Kier molecular flexibility index (Phi) is 2.34. The number of hydrogen-bond donors (Lipinski definition) is 1. The minimum atomic E-state index is 0.576. The number of hydrogen-bond acceptors (Lipinski definition) is 3. The number of aryl methyl sites for hydroxylation is 1. The van der Waals surface area contributed by atoms with Crippen LogP contribution in [0.1, 0.15) is 11.3 Å². The Morgan fingerprint density at radius 1 is 1.80 bits per heavy atom. The predicted octanol–water partition coefficient (Wildman–Crippen LogP) is 0.776. The van der Waals surface area contributed by atoms with Crippen LogP contribution in [-0.4, -0.2) is 15.4 Å². The summed E-state index contributed by atoms with van der Waals surface area (Å²) < 4.78 is 1.82. The van der Waals surface area contributed by atoms with Crippen molar-refractivity contribution in [2.45, 2.75) is 13.5 Å². The molecule has 0 fully saturated rings. The molecule has 0 radical (unpaired) electrons. The molecule has 0 aliphatic heterocycles. The van der Waals surface area contributed by atoms with Gasteiger partial charge in [-0.1, -0.05) is 0 Å². The van der Waals surface area contributed by atoms with Gasteiger partial charge in [0, 0.05) is 24.6 Å². The second kappa shape index (κ2) is 3.07. The van der Waals surface area contributed by atoms with Gasteiger partial charge in [-0.2, -0.15) is 5.10 Å². The zero-order chi connectivity index (χ0) is 7.56. The van der Waals surface area contributed by atoms with E-state index in [0.29, 0.717) is 6.54 Å². The highest BCUT2D eigenvalue weighted by atomic mass is 32.2. The first-order valence-electron chi connectivity index (χ1n) is 3.07. The van der Waals surface area contributed by atoms with Crippen molar-refractivity contribution in [1.82, 2.24) is 9.19 Å². The SMILES string of the molecule is CSn1cc(CN)c(C)n1. The van der Waals surface area contributed by atoms with Crippen LogP contribution in [0.4, 0.5) is 0 Å². The van der Waals surface area contributed by atoms with E-state index >= 15 is 0 Å². The van der Waals surface area contributed by atoms with E-state index in [9.17, 15) is 0 Å². The largest absolute Gasteiger partial charge is 0.326 e. The maximum atomic E-state index is 5.46. The summed E-state index contributed by atoms with van der Waals surface area (Å²) >= 11 is 1.57. The quantitative estimate of drug-likeness (QED) is 0.689. The molecule has 0 aliphatic carbocycles. The van der Waals surface area contributed by atoms with Crippen molar-refractivity contribution in [2.75, 3.05) is 6.26 Å². The van der Waals surface area contributed by atoms with Gasteiger partial charge in [0.2, 0.25) is 0 Å². The molecule has 0 atom stereocenters. The monoisotopic (exact) mass is 157 g/mol. The fourth-order valence-corrected chi connectivity index (χ4v) is 1.20.